The summed E-state index contributed by atoms with van der Waals surface area (Å²) in [6.45, 7) is 0. The van der Waals surface area contributed by atoms with Crippen LogP contribution < -0.4 is 9.86 Å². The molecule has 0 aliphatic carbocycles. The molecule has 1 rings (SSSR count). The molecule has 0 fully saturated rings. The standard InChI is InChI=1S/C7H6Cl2N2O4S/c8-4-1-3(7(12)13)2-5(9)6(4)11-16(10,14)15/h1-2,11H,(H,12,13)(H2,10,14,15). The van der Waals surface area contributed by atoms with E-state index in [2.05, 4.69) is 0 Å². The van der Waals surface area contributed by atoms with Crippen LogP contribution in [-0.2, 0) is 10.2 Å². The Morgan fingerprint density at radius 2 is 1.75 bits per heavy atom. The molecule has 0 atom stereocenters. The van der Waals surface area contributed by atoms with Gasteiger partial charge in [-0.3, -0.25) is 4.72 Å². The smallest absolute Gasteiger partial charge is 0.335 e. The van der Waals surface area contributed by atoms with E-state index in [9.17, 15) is 13.2 Å². The van der Waals surface area contributed by atoms with Gasteiger partial charge in [-0.05, 0) is 12.1 Å². The van der Waals surface area contributed by atoms with Gasteiger partial charge >= 0.3 is 5.97 Å². The lowest BCUT2D eigenvalue weighted by Crippen LogP contribution is -2.22. The van der Waals surface area contributed by atoms with Crippen molar-refractivity contribution in [3.63, 3.8) is 0 Å². The number of benzene rings is 1. The average Bonchev–Trinajstić information content (AvgIpc) is 2.09. The molecular weight excluding hydrogens is 279 g/mol. The third-order valence-corrected chi connectivity index (χ3v) is 2.62. The van der Waals surface area contributed by atoms with Crippen LogP contribution in [0.5, 0.6) is 0 Å². The summed E-state index contributed by atoms with van der Waals surface area (Å²) in [6, 6.07) is 2.12. The number of hydrogen-bond donors (Lipinski definition) is 3. The molecule has 0 spiro atoms. The number of hydrogen-bond acceptors (Lipinski definition) is 3. The molecule has 0 heterocycles. The molecule has 1 aromatic rings. The molecule has 88 valence electrons. The number of halogens is 2. The summed E-state index contributed by atoms with van der Waals surface area (Å²) in [6.07, 6.45) is 0. The zero-order valence-electron chi connectivity index (χ0n) is 7.57. The summed E-state index contributed by atoms with van der Waals surface area (Å²) in [5, 5.41) is 13.1. The Labute approximate surface area is 101 Å². The topological polar surface area (TPSA) is 109 Å². The molecule has 16 heavy (non-hydrogen) atoms. The van der Waals surface area contributed by atoms with E-state index in [0.717, 1.165) is 12.1 Å². The fourth-order valence-electron chi connectivity index (χ4n) is 0.936. The van der Waals surface area contributed by atoms with Gasteiger partial charge in [-0.2, -0.15) is 8.42 Å². The van der Waals surface area contributed by atoms with Crippen LogP contribution >= 0.6 is 23.2 Å². The van der Waals surface area contributed by atoms with Crippen LogP contribution in [-0.4, -0.2) is 19.5 Å². The van der Waals surface area contributed by atoms with E-state index in [4.69, 9.17) is 33.4 Å². The first-order chi connectivity index (χ1) is 7.20. The minimum Gasteiger partial charge on any atom is -0.478 e. The predicted octanol–water partition coefficient (Wildman–Crippen LogP) is 1.31. The molecule has 0 aliphatic rings. The van der Waals surface area contributed by atoms with E-state index in [-0.39, 0.29) is 21.3 Å². The highest BCUT2D eigenvalue weighted by Crippen LogP contribution is 2.32. The highest BCUT2D eigenvalue weighted by Gasteiger charge is 2.14. The fraction of sp³-hybridized carbons (Fsp3) is 0. The maximum atomic E-state index is 10.8. The lowest BCUT2D eigenvalue weighted by atomic mass is 10.2. The Kier molecular flexibility index (Phi) is 3.64. The van der Waals surface area contributed by atoms with Crippen molar-refractivity contribution < 1.29 is 18.3 Å². The van der Waals surface area contributed by atoms with Crippen LogP contribution in [0.25, 0.3) is 0 Å². The van der Waals surface area contributed by atoms with Gasteiger partial charge in [-0.25, -0.2) is 9.93 Å². The quantitative estimate of drug-likeness (QED) is 0.777. The van der Waals surface area contributed by atoms with Crippen molar-refractivity contribution in [2.24, 2.45) is 5.14 Å². The maximum absolute atomic E-state index is 10.8. The van der Waals surface area contributed by atoms with Gasteiger partial charge in [-0.1, -0.05) is 23.2 Å². The summed E-state index contributed by atoms with van der Waals surface area (Å²) in [5.41, 5.74) is -0.314. The van der Waals surface area contributed by atoms with Gasteiger partial charge in [0.15, 0.2) is 0 Å². The van der Waals surface area contributed by atoms with Crippen LogP contribution in [0.1, 0.15) is 10.4 Å². The predicted molar refractivity (Wildman–Crippen MR) is 60.2 cm³/mol. The van der Waals surface area contributed by atoms with Gasteiger partial charge < -0.3 is 5.11 Å². The average molecular weight is 285 g/mol. The van der Waals surface area contributed by atoms with E-state index in [0.29, 0.717) is 0 Å². The SMILES string of the molecule is NS(=O)(=O)Nc1c(Cl)cc(C(=O)O)cc1Cl. The monoisotopic (exact) mass is 284 g/mol. The molecule has 0 saturated heterocycles. The second kappa shape index (κ2) is 4.46. The molecule has 6 nitrogen and oxygen atoms in total. The normalized spacial score (nSPS) is 11.2. The summed E-state index contributed by atoms with van der Waals surface area (Å²) in [4.78, 5) is 10.6. The van der Waals surface area contributed by atoms with Gasteiger partial charge in [0.05, 0.1) is 21.3 Å². The molecule has 0 radical (unpaired) electrons. The molecule has 0 saturated carbocycles. The van der Waals surface area contributed by atoms with Crippen molar-refractivity contribution in [3.05, 3.63) is 27.7 Å². The molecule has 9 heteroatoms. The zero-order chi connectivity index (χ0) is 12.5. The van der Waals surface area contributed by atoms with Crippen LogP contribution in [0.2, 0.25) is 10.0 Å². The Morgan fingerprint density at radius 3 is 2.06 bits per heavy atom. The fourth-order valence-corrected chi connectivity index (χ4v) is 2.13. The number of carboxylic acids is 1. The number of rotatable bonds is 3. The highest BCUT2D eigenvalue weighted by atomic mass is 35.5. The van der Waals surface area contributed by atoms with Crippen LogP contribution in [0, 0.1) is 0 Å². The van der Waals surface area contributed by atoms with Crippen molar-refractivity contribution in [3.8, 4) is 0 Å². The van der Waals surface area contributed by atoms with Crippen molar-refractivity contribution in [1.82, 2.24) is 0 Å². The number of nitrogens with one attached hydrogen (secondary N) is 1. The Hall–Kier alpha value is -1.02. The molecule has 0 amide bonds. The molecule has 0 aliphatic heterocycles. The van der Waals surface area contributed by atoms with Gasteiger partial charge in [0.1, 0.15) is 0 Å². The van der Waals surface area contributed by atoms with Gasteiger partial charge in [0.25, 0.3) is 10.2 Å². The lowest BCUT2D eigenvalue weighted by Gasteiger charge is -2.08. The van der Waals surface area contributed by atoms with E-state index in [1.54, 1.807) is 0 Å². The first kappa shape index (κ1) is 13.0. The minimum atomic E-state index is -4.02. The van der Waals surface area contributed by atoms with Crippen LogP contribution in [0.3, 0.4) is 0 Å². The van der Waals surface area contributed by atoms with Crippen molar-refractivity contribution in [1.29, 1.82) is 0 Å². The highest BCUT2D eigenvalue weighted by molar-refractivity contribution is 7.90. The molecule has 4 N–H and O–H groups in total. The van der Waals surface area contributed by atoms with Crippen LogP contribution in [0.15, 0.2) is 12.1 Å². The molecule has 0 bridgehead atoms. The summed E-state index contributed by atoms with van der Waals surface area (Å²) in [7, 11) is -4.02. The lowest BCUT2D eigenvalue weighted by molar-refractivity contribution is 0.0697. The summed E-state index contributed by atoms with van der Waals surface area (Å²) in [5.74, 6) is -1.23. The van der Waals surface area contributed by atoms with Crippen molar-refractivity contribution >= 4 is 45.1 Å². The number of carboxylic acid groups (broad SMARTS) is 1. The second-order valence-corrected chi connectivity index (χ2v) is 4.88. The van der Waals surface area contributed by atoms with Crippen molar-refractivity contribution in [2.45, 2.75) is 0 Å². The largest absolute Gasteiger partial charge is 0.478 e. The zero-order valence-corrected chi connectivity index (χ0v) is 9.90. The molecule has 1 aromatic carbocycles. The van der Waals surface area contributed by atoms with Crippen molar-refractivity contribution in [2.75, 3.05) is 4.72 Å². The summed E-state index contributed by atoms with van der Waals surface area (Å²) < 4.78 is 23.4. The number of carbonyl (C=O) groups is 1. The van der Waals surface area contributed by atoms with E-state index in [1.165, 1.54) is 0 Å². The molecule has 0 unspecified atom stereocenters. The summed E-state index contributed by atoms with van der Waals surface area (Å²) >= 11 is 11.3. The minimum absolute atomic E-state index is 0.154. The van der Waals surface area contributed by atoms with Gasteiger partial charge in [0.2, 0.25) is 0 Å². The molecular formula is C7H6Cl2N2O4S. The maximum Gasteiger partial charge on any atom is 0.335 e. The van der Waals surface area contributed by atoms with Gasteiger partial charge in [-0.15, -0.1) is 0 Å². The second-order valence-electron chi connectivity index (χ2n) is 2.77. The Morgan fingerprint density at radius 1 is 1.31 bits per heavy atom. The Bertz CT molecular complexity index is 520. The van der Waals surface area contributed by atoms with E-state index in [1.807, 2.05) is 4.72 Å². The van der Waals surface area contributed by atoms with E-state index >= 15 is 0 Å². The van der Waals surface area contributed by atoms with E-state index < -0.39 is 16.2 Å². The Balaban J connectivity index is 3.28. The first-order valence-electron chi connectivity index (χ1n) is 3.73. The third-order valence-electron chi connectivity index (χ3n) is 1.53. The third kappa shape index (κ3) is 3.24. The van der Waals surface area contributed by atoms with Crippen LogP contribution in [0.4, 0.5) is 5.69 Å². The molecule has 0 aromatic heterocycles. The first-order valence-corrected chi connectivity index (χ1v) is 6.04. The number of nitrogens with two attached hydrogens (primary N) is 1. The van der Waals surface area contributed by atoms with Gasteiger partial charge in [0, 0.05) is 0 Å². The number of anilines is 1. The number of aromatic carboxylic acids is 1.